The Kier molecular flexibility index (Phi) is 4.26. The van der Waals surface area contributed by atoms with Crippen LogP contribution in [0.25, 0.3) is 4.98 Å². The summed E-state index contributed by atoms with van der Waals surface area (Å²) >= 11 is 0. The molecule has 0 aliphatic heterocycles. The van der Waals surface area contributed by atoms with Crippen molar-refractivity contribution in [2.45, 2.75) is 54.1 Å². The minimum atomic E-state index is -1.88. The summed E-state index contributed by atoms with van der Waals surface area (Å²) in [6.45, 7) is 11.6. The molecule has 0 bridgehead atoms. The standard InChI is InChI=1S/C16H22N2O4/c1-9(19)22-16(15(5,6)7)12(18-17)11(20)8-10(13(16)21)14(2,3)4/h8H,1-7H3/p+1. The lowest BCUT2D eigenvalue weighted by Gasteiger charge is -2.41. The van der Waals surface area contributed by atoms with Gasteiger partial charge in [0.05, 0.1) is 0 Å². The number of ether oxygens (including phenoxy) is 1. The molecular weight excluding hydrogens is 284 g/mol. The van der Waals surface area contributed by atoms with Crippen molar-refractivity contribution >= 4 is 11.8 Å². The molecule has 0 aromatic heterocycles. The molecule has 0 aromatic rings. The molecule has 1 atom stereocenters. The van der Waals surface area contributed by atoms with Crippen LogP contribution in [0.15, 0.2) is 23.1 Å². The van der Waals surface area contributed by atoms with Crippen LogP contribution >= 0.6 is 0 Å². The molecule has 1 aliphatic rings. The Morgan fingerprint density at radius 1 is 1.27 bits per heavy atom. The van der Waals surface area contributed by atoms with Gasteiger partial charge in [0.1, 0.15) is 0 Å². The zero-order valence-electron chi connectivity index (χ0n) is 14.1. The Labute approximate surface area is 130 Å². The summed E-state index contributed by atoms with van der Waals surface area (Å²) in [7, 11) is 0. The van der Waals surface area contributed by atoms with Crippen LogP contribution in [0.2, 0.25) is 0 Å². The molecule has 0 amide bonds. The van der Waals surface area contributed by atoms with Crippen molar-refractivity contribution in [3.8, 4) is 0 Å². The number of Topliss-reactive ketones (excluding diaryl/α,β-unsaturated/α-hetero) is 1. The third-order valence-electron chi connectivity index (χ3n) is 3.68. The second-order valence-electron chi connectivity index (χ2n) is 7.50. The lowest BCUT2D eigenvalue weighted by atomic mass is 9.64. The summed E-state index contributed by atoms with van der Waals surface area (Å²) in [5.41, 5.74) is -3.45. The summed E-state index contributed by atoms with van der Waals surface area (Å²) in [4.78, 5) is 27.8. The summed E-state index contributed by atoms with van der Waals surface area (Å²) in [6.07, 6.45) is 1.27. The molecule has 22 heavy (non-hydrogen) atoms. The van der Waals surface area contributed by atoms with E-state index in [0.717, 1.165) is 0 Å². The first-order valence-electron chi connectivity index (χ1n) is 7.04. The lowest BCUT2D eigenvalue weighted by Crippen LogP contribution is -2.57. The molecule has 0 fully saturated rings. The number of carbonyl (C=O) groups is 2. The summed E-state index contributed by atoms with van der Waals surface area (Å²) in [5, 5.41) is 19.6. The maximum atomic E-state index is 13.1. The van der Waals surface area contributed by atoms with Crippen LogP contribution in [-0.4, -0.2) is 22.5 Å². The third kappa shape index (κ3) is 2.63. The first-order chi connectivity index (χ1) is 9.79. The number of diazo groups is 1. The van der Waals surface area contributed by atoms with Crippen molar-refractivity contribution in [1.82, 2.24) is 0 Å². The molecule has 1 aliphatic carbocycles. The Hall–Kier alpha value is -2.16. The van der Waals surface area contributed by atoms with Crippen LogP contribution in [0.3, 0.4) is 0 Å². The monoisotopic (exact) mass is 307 g/mol. The molecular formula is C16H23N2O4+. The second-order valence-corrected chi connectivity index (χ2v) is 7.50. The summed E-state index contributed by atoms with van der Waals surface area (Å²) in [6, 6.07) is 0. The predicted octanol–water partition coefficient (Wildman–Crippen LogP) is 3.51. The fourth-order valence-corrected chi connectivity index (χ4v) is 2.59. The largest absolute Gasteiger partial charge is 0.501 e. The maximum Gasteiger partial charge on any atom is 0.454 e. The highest BCUT2D eigenvalue weighted by Gasteiger charge is 2.66. The number of nitrogens with zero attached hydrogens (tertiary/aromatic N) is 2. The van der Waals surface area contributed by atoms with Gasteiger partial charge in [-0.05, 0) is 11.5 Å². The minimum Gasteiger partial charge on any atom is -0.501 e. The molecule has 0 radical (unpaired) electrons. The van der Waals surface area contributed by atoms with E-state index in [2.05, 4.69) is 4.98 Å². The van der Waals surface area contributed by atoms with E-state index in [-0.39, 0.29) is 11.5 Å². The topological polar surface area (TPSA) is 91.8 Å². The number of rotatable bonds is 1. The van der Waals surface area contributed by atoms with Gasteiger partial charge >= 0.3 is 11.7 Å². The smallest absolute Gasteiger partial charge is 0.454 e. The summed E-state index contributed by atoms with van der Waals surface area (Å²) < 4.78 is 5.35. The quantitative estimate of drug-likeness (QED) is 0.591. The van der Waals surface area contributed by atoms with E-state index < -0.39 is 28.2 Å². The number of esters is 1. The number of allylic oxidation sites excluding steroid dienone is 1. The van der Waals surface area contributed by atoms with Crippen LogP contribution in [-0.2, 0) is 14.3 Å². The predicted molar refractivity (Wildman–Crippen MR) is 81.2 cm³/mol. The first-order valence-corrected chi connectivity index (χ1v) is 7.04. The van der Waals surface area contributed by atoms with Crippen molar-refractivity contribution in [1.29, 1.82) is 5.39 Å². The molecule has 0 saturated carbocycles. The molecule has 1 rings (SSSR count). The van der Waals surface area contributed by atoms with Crippen molar-refractivity contribution in [3.63, 3.8) is 0 Å². The lowest BCUT2D eigenvalue weighted by molar-refractivity contribution is -0.171. The van der Waals surface area contributed by atoms with Crippen molar-refractivity contribution in [3.05, 3.63) is 28.1 Å². The molecule has 1 unspecified atom stereocenters. The van der Waals surface area contributed by atoms with E-state index in [9.17, 15) is 20.1 Å². The number of ketones is 1. The Morgan fingerprint density at radius 2 is 1.77 bits per heavy atom. The molecule has 0 saturated heterocycles. The fourth-order valence-electron chi connectivity index (χ4n) is 2.59. The normalized spacial score (nSPS) is 23.0. The number of aliphatic hydroxyl groups is 1. The Bertz CT molecular complexity index is 624. The molecule has 6 nitrogen and oxygen atoms in total. The van der Waals surface area contributed by atoms with Crippen molar-refractivity contribution in [2.24, 2.45) is 10.8 Å². The van der Waals surface area contributed by atoms with Crippen LogP contribution < -0.4 is 0 Å². The van der Waals surface area contributed by atoms with Crippen molar-refractivity contribution in [2.75, 3.05) is 0 Å². The number of hydrogen-bond acceptors (Lipinski definition) is 5. The molecule has 1 N–H and O–H groups in total. The zero-order chi connectivity index (χ0) is 17.5. The number of hydrogen-bond donors (Lipinski definition) is 1. The van der Waals surface area contributed by atoms with Crippen LogP contribution in [0.5, 0.6) is 0 Å². The van der Waals surface area contributed by atoms with Gasteiger partial charge in [-0.2, -0.15) is 0 Å². The van der Waals surface area contributed by atoms with E-state index in [1.807, 2.05) is 20.8 Å². The van der Waals surface area contributed by atoms with Crippen LogP contribution in [0, 0.1) is 16.2 Å². The SMILES string of the molecule is CC(=O)OC1(C(C)(C)C)C(=O)C(C(C)(C)C)=CC(O)=C1[N+]#N. The Balaban J connectivity index is 3.83. The molecule has 0 spiro atoms. The average molecular weight is 307 g/mol. The van der Waals surface area contributed by atoms with Crippen molar-refractivity contribution < 1.29 is 19.4 Å². The average Bonchev–Trinajstić information content (AvgIpc) is 2.30. The van der Waals surface area contributed by atoms with E-state index >= 15 is 0 Å². The highest BCUT2D eigenvalue weighted by Crippen LogP contribution is 2.49. The Morgan fingerprint density at radius 3 is 2.09 bits per heavy atom. The van der Waals surface area contributed by atoms with Gasteiger partial charge in [-0.15, -0.1) is 0 Å². The maximum absolute atomic E-state index is 13.1. The number of aliphatic hydroxyl groups excluding tert-OH is 1. The van der Waals surface area contributed by atoms with Crippen LogP contribution in [0.4, 0.5) is 0 Å². The van der Waals surface area contributed by atoms with E-state index in [1.165, 1.54) is 13.0 Å². The van der Waals surface area contributed by atoms with E-state index in [4.69, 9.17) is 4.74 Å². The highest BCUT2D eigenvalue weighted by molar-refractivity contribution is 6.08. The van der Waals surface area contributed by atoms with Gasteiger partial charge in [-0.25, -0.2) is 0 Å². The first kappa shape index (κ1) is 17.9. The van der Waals surface area contributed by atoms with Gasteiger partial charge in [0.2, 0.25) is 16.9 Å². The second kappa shape index (κ2) is 5.24. The van der Waals surface area contributed by atoms with Gasteiger partial charge in [0.25, 0.3) is 5.60 Å². The van der Waals surface area contributed by atoms with Crippen LogP contribution in [0.1, 0.15) is 48.5 Å². The summed E-state index contributed by atoms with van der Waals surface area (Å²) in [5.74, 6) is -1.58. The fraction of sp³-hybridized carbons (Fsp3) is 0.625. The van der Waals surface area contributed by atoms with E-state index in [1.54, 1.807) is 20.8 Å². The third-order valence-corrected chi connectivity index (χ3v) is 3.68. The molecule has 6 heteroatoms. The van der Waals surface area contributed by atoms with Gasteiger partial charge in [-0.3, -0.25) is 9.59 Å². The minimum absolute atomic E-state index is 0.300. The van der Waals surface area contributed by atoms with Gasteiger partial charge < -0.3 is 9.84 Å². The number of carbonyl (C=O) groups excluding carboxylic acids is 2. The molecule has 0 heterocycles. The van der Waals surface area contributed by atoms with Gasteiger partial charge in [0.15, 0.2) is 4.98 Å². The molecule has 120 valence electrons. The zero-order valence-corrected chi connectivity index (χ0v) is 14.1. The molecule has 0 aromatic carbocycles. The van der Waals surface area contributed by atoms with Gasteiger partial charge in [-0.1, -0.05) is 41.5 Å². The highest BCUT2D eigenvalue weighted by atomic mass is 16.6. The van der Waals surface area contributed by atoms with E-state index in [0.29, 0.717) is 5.57 Å². The van der Waals surface area contributed by atoms with Gasteiger partial charge in [0, 0.05) is 17.9 Å².